The molecule has 0 atom stereocenters. The van der Waals surface area contributed by atoms with Crippen LogP contribution in [0.4, 0.5) is 5.95 Å². The molecule has 0 unspecified atom stereocenters. The highest BCUT2D eigenvalue weighted by Crippen LogP contribution is 2.35. The van der Waals surface area contributed by atoms with Crippen LogP contribution < -0.4 is 10.1 Å². The van der Waals surface area contributed by atoms with Crippen molar-refractivity contribution >= 4 is 44.4 Å². The van der Waals surface area contributed by atoms with Gasteiger partial charge in [0.05, 0.1) is 28.4 Å². The molecule has 0 bridgehead atoms. The summed E-state index contributed by atoms with van der Waals surface area (Å²) in [7, 11) is 3.15. The number of nitrogens with one attached hydrogen (secondary N) is 1. The quantitative estimate of drug-likeness (QED) is 0.364. The standard InChI is InChI=1S/C24H30N6O3S/c1-6-29(7-2)12-13-30-17-11-9-8-10-16(17)25-24(30)28-21(31)20-15(3)19-22(33-5)26-18(14-32-4)27-23(19)34-20/h8-11H,6-7,12-14H2,1-5H3,(H,25,28,31). The number of nitrogens with zero attached hydrogens (tertiary/aromatic N) is 5. The summed E-state index contributed by atoms with van der Waals surface area (Å²) in [4.78, 5) is 30.7. The lowest BCUT2D eigenvalue weighted by atomic mass is 10.2. The molecule has 34 heavy (non-hydrogen) atoms. The number of imidazole rings is 1. The summed E-state index contributed by atoms with van der Waals surface area (Å²) < 4.78 is 12.7. The van der Waals surface area contributed by atoms with Crippen LogP contribution in [0.3, 0.4) is 0 Å². The van der Waals surface area contributed by atoms with Crippen LogP contribution in [0.5, 0.6) is 5.88 Å². The molecule has 4 rings (SSSR count). The van der Waals surface area contributed by atoms with Gasteiger partial charge in [-0.1, -0.05) is 26.0 Å². The number of carbonyl (C=O) groups is 1. The van der Waals surface area contributed by atoms with Crippen molar-refractivity contribution in [2.75, 3.05) is 39.2 Å². The SMILES string of the molecule is CCN(CC)CCn1c(NC(=O)c2sc3nc(COC)nc(OC)c3c2C)nc2ccccc21. The van der Waals surface area contributed by atoms with Gasteiger partial charge in [0.15, 0.2) is 5.82 Å². The molecule has 3 aromatic heterocycles. The average molecular weight is 483 g/mol. The number of rotatable bonds is 10. The van der Waals surface area contributed by atoms with Crippen LogP contribution in [-0.4, -0.2) is 64.2 Å². The van der Waals surface area contributed by atoms with Crippen LogP contribution in [0.15, 0.2) is 24.3 Å². The van der Waals surface area contributed by atoms with Crippen molar-refractivity contribution in [3.63, 3.8) is 0 Å². The maximum absolute atomic E-state index is 13.4. The molecule has 3 heterocycles. The Morgan fingerprint density at radius 2 is 1.91 bits per heavy atom. The molecule has 1 amide bonds. The maximum atomic E-state index is 13.4. The van der Waals surface area contributed by atoms with E-state index in [4.69, 9.17) is 14.5 Å². The Labute approximate surface area is 202 Å². The molecule has 0 saturated carbocycles. The Morgan fingerprint density at radius 3 is 2.62 bits per heavy atom. The van der Waals surface area contributed by atoms with Gasteiger partial charge in [-0.25, -0.2) is 9.97 Å². The first-order chi connectivity index (χ1) is 16.5. The number of ether oxygens (including phenoxy) is 2. The van der Waals surface area contributed by atoms with Crippen molar-refractivity contribution in [2.24, 2.45) is 0 Å². The second-order valence-corrected chi connectivity index (χ2v) is 8.87. The second-order valence-electron chi connectivity index (χ2n) is 7.88. The Bertz CT molecular complexity index is 1310. The first-order valence-corrected chi connectivity index (χ1v) is 12.1. The Kier molecular flexibility index (Phi) is 7.40. The summed E-state index contributed by atoms with van der Waals surface area (Å²) in [6, 6.07) is 7.93. The van der Waals surface area contributed by atoms with Crippen molar-refractivity contribution in [3.05, 3.63) is 40.5 Å². The van der Waals surface area contributed by atoms with Gasteiger partial charge in [0, 0.05) is 20.2 Å². The van der Waals surface area contributed by atoms with E-state index in [9.17, 15) is 4.79 Å². The maximum Gasteiger partial charge on any atom is 0.268 e. The Hall–Kier alpha value is -3.08. The van der Waals surface area contributed by atoms with E-state index >= 15 is 0 Å². The lowest BCUT2D eigenvalue weighted by molar-refractivity contribution is 0.102. The molecule has 9 nitrogen and oxygen atoms in total. The molecule has 0 aliphatic carbocycles. The topological polar surface area (TPSA) is 94.4 Å². The fraction of sp³-hybridized carbons (Fsp3) is 0.417. The third-order valence-electron chi connectivity index (χ3n) is 5.89. The number of hydrogen-bond acceptors (Lipinski definition) is 8. The summed E-state index contributed by atoms with van der Waals surface area (Å²) in [5.41, 5.74) is 2.63. The molecule has 0 saturated heterocycles. The van der Waals surface area contributed by atoms with Crippen LogP contribution in [0, 0.1) is 6.92 Å². The molecule has 4 aromatic rings. The molecule has 1 N–H and O–H groups in total. The molecule has 0 radical (unpaired) electrons. The molecule has 0 fully saturated rings. The number of anilines is 1. The Morgan fingerprint density at radius 1 is 1.15 bits per heavy atom. The van der Waals surface area contributed by atoms with Gasteiger partial charge in [-0.3, -0.25) is 10.1 Å². The summed E-state index contributed by atoms with van der Waals surface area (Å²) in [6.07, 6.45) is 0. The van der Waals surface area contributed by atoms with E-state index in [0.29, 0.717) is 27.4 Å². The fourth-order valence-corrected chi connectivity index (χ4v) is 5.12. The van der Waals surface area contributed by atoms with Gasteiger partial charge < -0.3 is 18.9 Å². The zero-order valence-corrected chi connectivity index (χ0v) is 21.0. The van der Waals surface area contributed by atoms with E-state index in [-0.39, 0.29) is 12.5 Å². The third-order valence-corrected chi connectivity index (χ3v) is 7.07. The minimum absolute atomic E-state index is 0.227. The zero-order valence-electron chi connectivity index (χ0n) is 20.2. The number of para-hydroxylation sites is 2. The van der Waals surface area contributed by atoms with E-state index in [0.717, 1.165) is 48.2 Å². The van der Waals surface area contributed by atoms with Gasteiger partial charge in [-0.05, 0) is 37.7 Å². The monoisotopic (exact) mass is 482 g/mol. The number of likely N-dealkylation sites (N-methyl/N-ethyl adjacent to an activating group) is 1. The van der Waals surface area contributed by atoms with Crippen LogP contribution in [-0.2, 0) is 17.9 Å². The molecule has 180 valence electrons. The summed E-state index contributed by atoms with van der Waals surface area (Å²) in [6.45, 7) is 9.99. The summed E-state index contributed by atoms with van der Waals surface area (Å²) in [5, 5.41) is 3.79. The van der Waals surface area contributed by atoms with E-state index in [1.807, 2.05) is 31.2 Å². The predicted molar refractivity (Wildman–Crippen MR) is 135 cm³/mol. The average Bonchev–Trinajstić information content (AvgIpc) is 3.36. The smallest absolute Gasteiger partial charge is 0.268 e. The van der Waals surface area contributed by atoms with Gasteiger partial charge in [-0.15, -0.1) is 11.3 Å². The number of hydrogen-bond donors (Lipinski definition) is 1. The highest BCUT2D eigenvalue weighted by molar-refractivity contribution is 7.20. The minimum atomic E-state index is -0.227. The van der Waals surface area contributed by atoms with E-state index in [1.165, 1.54) is 11.3 Å². The van der Waals surface area contributed by atoms with Crippen molar-refractivity contribution in [1.29, 1.82) is 0 Å². The molecule has 0 aliphatic rings. The van der Waals surface area contributed by atoms with Crippen LogP contribution in [0.2, 0.25) is 0 Å². The van der Waals surface area contributed by atoms with E-state index in [1.54, 1.807) is 14.2 Å². The zero-order chi connectivity index (χ0) is 24.2. The molecular weight excluding hydrogens is 452 g/mol. The van der Waals surface area contributed by atoms with Crippen LogP contribution in [0.25, 0.3) is 21.3 Å². The normalized spacial score (nSPS) is 11.6. The van der Waals surface area contributed by atoms with Gasteiger partial charge in [-0.2, -0.15) is 4.98 Å². The number of thiophene rings is 1. The first kappa shape index (κ1) is 24.1. The lowest BCUT2D eigenvalue weighted by Crippen LogP contribution is -2.27. The van der Waals surface area contributed by atoms with Gasteiger partial charge >= 0.3 is 0 Å². The minimum Gasteiger partial charge on any atom is -0.480 e. The fourth-order valence-electron chi connectivity index (χ4n) is 4.04. The van der Waals surface area contributed by atoms with Gasteiger partial charge in [0.1, 0.15) is 11.4 Å². The van der Waals surface area contributed by atoms with Crippen molar-refractivity contribution in [3.8, 4) is 5.88 Å². The molecule has 0 aliphatic heterocycles. The molecular formula is C24H30N6O3S. The predicted octanol–water partition coefficient (Wildman–Crippen LogP) is 4.10. The molecule has 1 aromatic carbocycles. The van der Waals surface area contributed by atoms with E-state index < -0.39 is 0 Å². The number of carbonyl (C=O) groups excluding carboxylic acids is 1. The van der Waals surface area contributed by atoms with E-state index in [2.05, 4.69) is 38.6 Å². The lowest BCUT2D eigenvalue weighted by Gasteiger charge is -2.19. The van der Waals surface area contributed by atoms with Crippen molar-refractivity contribution < 1.29 is 14.3 Å². The number of aryl methyl sites for hydroxylation is 1. The van der Waals surface area contributed by atoms with Crippen LogP contribution in [0.1, 0.15) is 34.9 Å². The summed E-state index contributed by atoms with van der Waals surface area (Å²) >= 11 is 1.32. The van der Waals surface area contributed by atoms with Gasteiger partial charge in [0.25, 0.3) is 5.91 Å². The second kappa shape index (κ2) is 10.5. The highest BCUT2D eigenvalue weighted by atomic mass is 32.1. The Balaban J connectivity index is 1.69. The van der Waals surface area contributed by atoms with Gasteiger partial charge in [0.2, 0.25) is 11.8 Å². The molecule has 0 spiro atoms. The van der Waals surface area contributed by atoms with Crippen LogP contribution >= 0.6 is 11.3 Å². The third kappa shape index (κ3) is 4.61. The number of aromatic nitrogens is 4. The number of benzene rings is 1. The number of methoxy groups -OCH3 is 2. The number of fused-ring (bicyclic) bond motifs is 2. The summed E-state index contributed by atoms with van der Waals surface area (Å²) in [5.74, 6) is 1.26. The largest absolute Gasteiger partial charge is 0.480 e. The molecule has 10 heteroatoms. The van der Waals surface area contributed by atoms with Crippen molar-refractivity contribution in [2.45, 2.75) is 33.9 Å². The highest BCUT2D eigenvalue weighted by Gasteiger charge is 2.23. The first-order valence-electron chi connectivity index (χ1n) is 11.3. The van der Waals surface area contributed by atoms with Crippen molar-refractivity contribution in [1.82, 2.24) is 24.4 Å². The number of amides is 1.